The van der Waals surface area contributed by atoms with Crippen LogP contribution in [0.4, 0.5) is 0 Å². The van der Waals surface area contributed by atoms with E-state index in [1.165, 1.54) is 21.0 Å². The molecule has 1 aromatic rings. The summed E-state index contributed by atoms with van der Waals surface area (Å²) in [6.07, 6.45) is 4.01. The predicted molar refractivity (Wildman–Crippen MR) is 98.6 cm³/mol. The minimum Gasteiger partial charge on any atom is -0.352 e. The van der Waals surface area contributed by atoms with Gasteiger partial charge in [0.05, 0.1) is 5.75 Å². The zero-order valence-corrected chi connectivity index (χ0v) is 16.5. The van der Waals surface area contributed by atoms with Crippen molar-refractivity contribution >= 4 is 15.7 Å². The third-order valence-corrected chi connectivity index (χ3v) is 7.31. The Balaban J connectivity index is 2.18. The molecule has 1 amide bonds. The molecule has 1 heterocycles. The number of rotatable bonds is 5. The lowest BCUT2D eigenvalue weighted by Crippen LogP contribution is -2.47. The Labute approximate surface area is 153 Å². The summed E-state index contributed by atoms with van der Waals surface area (Å²) in [6.45, 7) is 3.40. The van der Waals surface area contributed by atoms with Gasteiger partial charge in [-0.15, -0.1) is 0 Å². The molecule has 1 aliphatic carbocycles. The molecule has 0 radical (unpaired) electrons. The quantitative estimate of drug-likeness (QED) is 0.772. The van der Waals surface area contributed by atoms with E-state index in [2.05, 4.69) is 12.2 Å². The van der Waals surface area contributed by atoms with Crippen molar-refractivity contribution in [2.24, 2.45) is 20.0 Å². The normalized spacial score (nSPS) is 22.0. The smallest absolute Gasteiger partial charge is 0.330 e. The van der Waals surface area contributed by atoms with Crippen molar-refractivity contribution in [3.05, 3.63) is 32.6 Å². The lowest BCUT2D eigenvalue weighted by atomic mass is 9.86. The van der Waals surface area contributed by atoms with Crippen molar-refractivity contribution in [2.45, 2.75) is 56.6 Å². The molecule has 26 heavy (non-hydrogen) atoms. The number of nitrogens with one attached hydrogen (secondary N) is 1. The largest absolute Gasteiger partial charge is 0.352 e. The van der Waals surface area contributed by atoms with Crippen LogP contribution in [-0.4, -0.2) is 34.8 Å². The average Bonchev–Trinajstić information content (AvgIpc) is 2.58. The molecule has 8 nitrogen and oxygen atoms in total. The van der Waals surface area contributed by atoms with Gasteiger partial charge in [-0.2, -0.15) is 0 Å². The highest BCUT2D eigenvalue weighted by molar-refractivity contribution is 7.92. The first-order chi connectivity index (χ1) is 12.0. The lowest BCUT2D eigenvalue weighted by Gasteiger charge is -2.30. The molecule has 2 rings (SSSR count). The number of sulfone groups is 1. The van der Waals surface area contributed by atoms with Gasteiger partial charge >= 0.3 is 5.69 Å². The molecule has 1 N–H and O–H groups in total. The maximum Gasteiger partial charge on any atom is 0.330 e. The van der Waals surface area contributed by atoms with Gasteiger partial charge in [0.15, 0.2) is 9.84 Å². The number of hydrogen-bond acceptors (Lipinski definition) is 5. The Morgan fingerprint density at radius 3 is 2.46 bits per heavy atom. The van der Waals surface area contributed by atoms with Gasteiger partial charge in [0.2, 0.25) is 5.91 Å². The summed E-state index contributed by atoms with van der Waals surface area (Å²) in [6, 6.07) is 1.11. The average molecular weight is 385 g/mol. The maximum atomic E-state index is 12.6. The van der Waals surface area contributed by atoms with E-state index < -0.39 is 38.0 Å². The molecule has 1 aromatic heterocycles. The molecule has 0 aromatic carbocycles. The highest BCUT2D eigenvalue weighted by Crippen LogP contribution is 2.24. The Morgan fingerprint density at radius 1 is 1.23 bits per heavy atom. The van der Waals surface area contributed by atoms with Gasteiger partial charge in [-0.1, -0.05) is 19.8 Å². The molecule has 0 spiro atoms. The number of aromatic nitrogens is 2. The highest BCUT2D eigenvalue weighted by atomic mass is 32.2. The molecule has 9 heteroatoms. The minimum absolute atomic E-state index is 0.0118. The second kappa shape index (κ2) is 7.77. The van der Waals surface area contributed by atoms with E-state index >= 15 is 0 Å². The van der Waals surface area contributed by atoms with Crippen molar-refractivity contribution < 1.29 is 13.2 Å². The van der Waals surface area contributed by atoms with Crippen molar-refractivity contribution in [3.8, 4) is 0 Å². The minimum atomic E-state index is -3.87. The SMILES string of the molecule is C[C@@H]1CCCC[C@@H]1NC(=O)[C@H](C)S(=O)(=O)Cc1cc(=O)n(C)c(=O)n1C. The standard InChI is InChI=1S/C17H27N3O5S/c1-11-7-5-6-8-14(11)18-16(22)12(2)26(24,25)10-13-9-15(21)20(4)17(23)19(13)3/h9,11-12,14H,5-8,10H2,1-4H3,(H,18,22)/t11-,12+,14+/m1/s1. The van der Waals surface area contributed by atoms with Crippen LogP contribution in [0.2, 0.25) is 0 Å². The summed E-state index contributed by atoms with van der Waals surface area (Å²) in [5.41, 5.74) is -1.11. The van der Waals surface area contributed by atoms with Crippen molar-refractivity contribution in [2.75, 3.05) is 0 Å². The molecule has 1 saturated carbocycles. The van der Waals surface area contributed by atoms with Crippen LogP contribution >= 0.6 is 0 Å². The van der Waals surface area contributed by atoms with Crippen molar-refractivity contribution in [3.63, 3.8) is 0 Å². The van der Waals surface area contributed by atoms with Gasteiger partial charge < -0.3 is 5.32 Å². The summed E-state index contributed by atoms with van der Waals surface area (Å²) in [5, 5.41) is 1.60. The zero-order valence-electron chi connectivity index (χ0n) is 15.7. The predicted octanol–water partition coefficient (Wildman–Crippen LogP) is 0.0822. The number of hydrogen-bond donors (Lipinski definition) is 1. The summed E-state index contributed by atoms with van der Waals surface area (Å²) >= 11 is 0. The van der Waals surface area contributed by atoms with E-state index in [-0.39, 0.29) is 11.7 Å². The van der Waals surface area contributed by atoms with E-state index in [4.69, 9.17) is 0 Å². The van der Waals surface area contributed by atoms with Gasteiger partial charge in [-0.05, 0) is 25.7 Å². The highest BCUT2D eigenvalue weighted by Gasteiger charge is 2.32. The van der Waals surface area contributed by atoms with Crippen LogP contribution in [0.25, 0.3) is 0 Å². The zero-order chi connectivity index (χ0) is 19.6. The van der Waals surface area contributed by atoms with Crippen LogP contribution in [0.3, 0.4) is 0 Å². The topological polar surface area (TPSA) is 107 Å². The first-order valence-electron chi connectivity index (χ1n) is 8.82. The van der Waals surface area contributed by atoms with Crippen LogP contribution in [0.1, 0.15) is 45.2 Å². The molecule has 0 unspecified atom stereocenters. The fourth-order valence-electron chi connectivity index (χ4n) is 3.24. The summed E-state index contributed by atoms with van der Waals surface area (Å²) in [7, 11) is -1.14. The van der Waals surface area contributed by atoms with E-state index in [0.717, 1.165) is 40.9 Å². The Bertz CT molecular complexity index is 900. The Morgan fingerprint density at radius 2 is 1.85 bits per heavy atom. The first-order valence-corrected chi connectivity index (χ1v) is 10.5. The summed E-state index contributed by atoms with van der Waals surface area (Å²) in [4.78, 5) is 36.2. The number of nitrogens with zero attached hydrogens (tertiary/aromatic N) is 2. The summed E-state index contributed by atoms with van der Waals surface area (Å²) in [5.74, 6) is -0.748. The number of carbonyl (C=O) groups is 1. The van der Waals surface area contributed by atoms with E-state index in [1.807, 2.05) is 0 Å². The summed E-state index contributed by atoms with van der Waals surface area (Å²) < 4.78 is 27.3. The van der Waals surface area contributed by atoms with Crippen LogP contribution in [-0.2, 0) is 34.5 Å². The molecule has 1 fully saturated rings. The third-order valence-electron chi connectivity index (χ3n) is 5.32. The molecular weight excluding hydrogens is 358 g/mol. The second-order valence-electron chi connectivity index (χ2n) is 7.20. The molecule has 0 saturated heterocycles. The fourth-order valence-corrected chi connectivity index (χ4v) is 4.58. The molecule has 146 valence electrons. The van der Waals surface area contributed by atoms with E-state index in [0.29, 0.717) is 5.92 Å². The monoisotopic (exact) mass is 385 g/mol. The molecule has 1 aliphatic rings. The van der Waals surface area contributed by atoms with Gasteiger partial charge in [-0.25, -0.2) is 13.2 Å². The van der Waals surface area contributed by atoms with Crippen LogP contribution in [0, 0.1) is 5.92 Å². The lowest BCUT2D eigenvalue weighted by molar-refractivity contribution is -0.121. The van der Waals surface area contributed by atoms with Crippen LogP contribution < -0.4 is 16.6 Å². The van der Waals surface area contributed by atoms with Gasteiger partial charge in [0, 0.05) is 31.9 Å². The van der Waals surface area contributed by atoms with Gasteiger partial charge in [0.25, 0.3) is 5.56 Å². The van der Waals surface area contributed by atoms with Gasteiger partial charge in [-0.3, -0.25) is 18.7 Å². The van der Waals surface area contributed by atoms with E-state index in [9.17, 15) is 22.8 Å². The maximum absolute atomic E-state index is 12.6. The molecular formula is C17H27N3O5S. The van der Waals surface area contributed by atoms with Crippen molar-refractivity contribution in [1.29, 1.82) is 0 Å². The molecule has 0 aliphatic heterocycles. The third kappa shape index (κ3) is 4.25. The van der Waals surface area contributed by atoms with Crippen LogP contribution in [0.15, 0.2) is 15.7 Å². The fraction of sp³-hybridized carbons (Fsp3) is 0.706. The first kappa shape index (κ1) is 20.4. The molecule has 0 bridgehead atoms. The second-order valence-corrected chi connectivity index (χ2v) is 9.52. The van der Waals surface area contributed by atoms with Crippen molar-refractivity contribution in [1.82, 2.24) is 14.5 Å². The number of amides is 1. The molecule has 3 atom stereocenters. The Kier molecular flexibility index (Phi) is 6.10. The number of carbonyl (C=O) groups excluding carboxylic acids is 1. The van der Waals surface area contributed by atoms with Gasteiger partial charge in [0.1, 0.15) is 5.25 Å². The van der Waals surface area contributed by atoms with E-state index in [1.54, 1.807) is 0 Å². The van der Waals surface area contributed by atoms with Crippen LogP contribution in [0.5, 0.6) is 0 Å². The Hall–Kier alpha value is -1.90.